The van der Waals surface area contributed by atoms with Crippen molar-refractivity contribution < 1.29 is 4.74 Å². The molecule has 0 fully saturated rings. The van der Waals surface area contributed by atoms with E-state index >= 15 is 0 Å². The third-order valence-corrected chi connectivity index (χ3v) is 2.84. The largest absolute Gasteiger partial charge is 0.496 e. The Morgan fingerprint density at radius 3 is 2.41 bits per heavy atom. The van der Waals surface area contributed by atoms with E-state index < -0.39 is 0 Å². The summed E-state index contributed by atoms with van der Waals surface area (Å²) in [6, 6.07) is 6.47. The van der Waals surface area contributed by atoms with Crippen molar-refractivity contribution in [2.24, 2.45) is 5.92 Å². The van der Waals surface area contributed by atoms with Gasteiger partial charge in [-0.3, -0.25) is 0 Å². The Labute approximate surface area is 105 Å². The Morgan fingerprint density at radius 1 is 1.18 bits per heavy atom. The summed E-state index contributed by atoms with van der Waals surface area (Å²) < 4.78 is 5.40. The number of rotatable bonds is 6. The van der Waals surface area contributed by atoms with Crippen molar-refractivity contribution >= 4 is 0 Å². The molecule has 0 radical (unpaired) electrons. The van der Waals surface area contributed by atoms with Crippen LogP contribution in [-0.2, 0) is 6.54 Å². The summed E-state index contributed by atoms with van der Waals surface area (Å²) in [6.07, 6.45) is 0. The van der Waals surface area contributed by atoms with E-state index in [4.69, 9.17) is 4.74 Å². The molecule has 1 N–H and O–H groups in total. The average Bonchev–Trinajstić information content (AvgIpc) is 2.28. The molecule has 0 unspecified atom stereocenters. The van der Waals surface area contributed by atoms with Crippen LogP contribution in [0.1, 0.15) is 44.7 Å². The summed E-state index contributed by atoms with van der Waals surface area (Å²) >= 11 is 0. The quantitative estimate of drug-likeness (QED) is 0.814. The zero-order valence-electron chi connectivity index (χ0n) is 11.7. The smallest absolute Gasteiger partial charge is 0.123 e. The van der Waals surface area contributed by atoms with E-state index in [-0.39, 0.29) is 0 Å². The second-order valence-electron chi connectivity index (χ2n) is 5.25. The Kier molecular flexibility index (Phi) is 5.49. The summed E-state index contributed by atoms with van der Waals surface area (Å²) in [7, 11) is 1.73. The van der Waals surface area contributed by atoms with Gasteiger partial charge in [-0.05, 0) is 30.0 Å². The van der Waals surface area contributed by atoms with Gasteiger partial charge in [0.15, 0.2) is 0 Å². The molecule has 0 amide bonds. The molecule has 0 bridgehead atoms. The summed E-state index contributed by atoms with van der Waals surface area (Å²) in [5.41, 5.74) is 2.62. The fourth-order valence-electron chi connectivity index (χ4n) is 1.79. The zero-order chi connectivity index (χ0) is 12.8. The van der Waals surface area contributed by atoms with E-state index in [1.54, 1.807) is 7.11 Å². The molecular weight excluding hydrogens is 210 g/mol. The van der Waals surface area contributed by atoms with Crippen molar-refractivity contribution in [3.05, 3.63) is 29.3 Å². The average molecular weight is 235 g/mol. The van der Waals surface area contributed by atoms with E-state index in [1.807, 2.05) is 0 Å². The Morgan fingerprint density at radius 2 is 1.88 bits per heavy atom. The Hall–Kier alpha value is -1.02. The molecule has 1 rings (SSSR count). The topological polar surface area (TPSA) is 21.3 Å². The van der Waals surface area contributed by atoms with E-state index in [9.17, 15) is 0 Å². The molecule has 17 heavy (non-hydrogen) atoms. The van der Waals surface area contributed by atoms with Crippen molar-refractivity contribution in [2.45, 2.75) is 40.2 Å². The van der Waals surface area contributed by atoms with Crippen LogP contribution in [0.2, 0.25) is 0 Å². The van der Waals surface area contributed by atoms with Gasteiger partial charge in [0.1, 0.15) is 5.75 Å². The third kappa shape index (κ3) is 4.39. The van der Waals surface area contributed by atoms with Crippen LogP contribution in [0.15, 0.2) is 18.2 Å². The van der Waals surface area contributed by atoms with Gasteiger partial charge in [-0.1, -0.05) is 39.8 Å². The van der Waals surface area contributed by atoms with Crippen LogP contribution < -0.4 is 10.1 Å². The van der Waals surface area contributed by atoms with Gasteiger partial charge < -0.3 is 10.1 Å². The van der Waals surface area contributed by atoms with Crippen molar-refractivity contribution in [1.29, 1.82) is 0 Å². The minimum Gasteiger partial charge on any atom is -0.496 e. The molecule has 2 heteroatoms. The lowest BCUT2D eigenvalue weighted by atomic mass is 10.00. The Bertz CT molecular complexity index is 345. The highest BCUT2D eigenvalue weighted by Crippen LogP contribution is 2.24. The molecule has 0 aliphatic carbocycles. The molecule has 0 aromatic heterocycles. The normalized spacial score (nSPS) is 11.2. The molecule has 0 spiro atoms. The molecule has 0 heterocycles. The van der Waals surface area contributed by atoms with E-state index in [1.165, 1.54) is 11.1 Å². The highest BCUT2D eigenvalue weighted by atomic mass is 16.5. The highest BCUT2D eigenvalue weighted by molar-refractivity contribution is 5.38. The SMILES string of the molecule is COc1ccc(C(C)C)cc1CNCC(C)C. The van der Waals surface area contributed by atoms with Crippen molar-refractivity contribution in [2.75, 3.05) is 13.7 Å². The minimum atomic E-state index is 0.560. The lowest BCUT2D eigenvalue weighted by Crippen LogP contribution is -2.19. The van der Waals surface area contributed by atoms with Crippen LogP contribution in [0.5, 0.6) is 5.75 Å². The van der Waals surface area contributed by atoms with Crippen molar-refractivity contribution in [3.8, 4) is 5.75 Å². The second-order valence-corrected chi connectivity index (χ2v) is 5.25. The number of methoxy groups -OCH3 is 1. The predicted molar refractivity (Wildman–Crippen MR) is 73.6 cm³/mol. The van der Waals surface area contributed by atoms with Gasteiger partial charge in [-0.25, -0.2) is 0 Å². The molecule has 0 saturated carbocycles. The van der Waals surface area contributed by atoms with Crippen LogP contribution in [0.4, 0.5) is 0 Å². The van der Waals surface area contributed by atoms with Crippen molar-refractivity contribution in [3.63, 3.8) is 0 Å². The van der Waals surface area contributed by atoms with Crippen LogP contribution in [0, 0.1) is 5.92 Å². The molecule has 0 saturated heterocycles. The van der Waals surface area contributed by atoms with Crippen LogP contribution in [0.3, 0.4) is 0 Å². The number of nitrogens with one attached hydrogen (secondary N) is 1. The monoisotopic (exact) mass is 235 g/mol. The molecule has 96 valence electrons. The standard InChI is InChI=1S/C15H25NO/c1-11(2)9-16-10-14-8-13(12(3)4)6-7-15(14)17-5/h6-8,11-12,16H,9-10H2,1-5H3. The first kappa shape index (κ1) is 14.0. The number of hydrogen-bond acceptors (Lipinski definition) is 2. The molecule has 1 aromatic carbocycles. The van der Waals surface area contributed by atoms with Crippen molar-refractivity contribution in [1.82, 2.24) is 5.32 Å². The lowest BCUT2D eigenvalue weighted by Gasteiger charge is -2.14. The van der Waals surface area contributed by atoms with E-state index in [0.29, 0.717) is 11.8 Å². The van der Waals surface area contributed by atoms with Gasteiger partial charge in [0, 0.05) is 12.1 Å². The molecule has 0 aliphatic heterocycles. The lowest BCUT2D eigenvalue weighted by molar-refractivity contribution is 0.406. The predicted octanol–water partition coefficient (Wildman–Crippen LogP) is 3.56. The van der Waals surface area contributed by atoms with Gasteiger partial charge in [0.25, 0.3) is 0 Å². The zero-order valence-corrected chi connectivity index (χ0v) is 11.7. The summed E-state index contributed by atoms with van der Waals surface area (Å²) in [5.74, 6) is 2.21. The summed E-state index contributed by atoms with van der Waals surface area (Å²) in [5, 5.41) is 3.46. The summed E-state index contributed by atoms with van der Waals surface area (Å²) in [4.78, 5) is 0. The first-order valence-electron chi connectivity index (χ1n) is 6.42. The molecule has 0 atom stereocenters. The van der Waals surface area contributed by atoms with Crippen LogP contribution >= 0.6 is 0 Å². The maximum absolute atomic E-state index is 5.40. The minimum absolute atomic E-state index is 0.560. The second kappa shape index (κ2) is 6.65. The molecule has 2 nitrogen and oxygen atoms in total. The molecule has 0 aliphatic rings. The maximum atomic E-state index is 5.40. The van der Waals surface area contributed by atoms with E-state index in [2.05, 4.69) is 51.2 Å². The van der Waals surface area contributed by atoms with Gasteiger partial charge in [0.2, 0.25) is 0 Å². The summed E-state index contributed by atoms with van der Waals surface area (Å²) in [6.45, 7) is 10.8. The molecule has 1 aromatic rings. The van der Waals surface area contributed by atoms with Crippen LogP contribution in [0.25, 0.3) is 0 Å². The first-order chi connectivity index (χ1) is 8.04. The van der Waals surface area contributed by atoms with Gasteiger partial charge >= 0.3 is 0 Å². The van der Waals surface area contributed by atoms with E-state index in [0.717, 1.165) is 18.8 Å². The fraction of sp³-hybridized carbons (Fsp3) is 0.600. The number of hydrogen-bond donors (Lipinski definition) is 1. The van der Waals surface area contributed by atoms with Gasteiger partial charge in [-0.2, -0.15) is 0 Å². The first-order valence-corrected chi connectivity index (χ1v) is 6.42. The number of benzene rings is 1. The van der Waals surface area contributed by atoms with Gasteiger partial charge in [-0.15, -0.1) is 0 Å². The highest BCUT2D eigenvalue weighted by Gasteiger charge is 2.06. The number of ether oxygens (including phenoxy) is 1. The van der Waals surface area contributed by atoms with Gasteiger partial charge in [0.05, 0.1) is 7.11 Å². The molecular formula is C15H25NO. The third-order valence-electron chi connectivity index (χ3n) is 2.84. The fourth-order valence-corrected chi connectivity index (χ4v) is 1.79. The maximum Gasteiger partial charge on any atom is 0.123 e. The Balaban J connectivity index is 2.75. The van der Waals surface area contributed by atoms with Crippen LogP contribution in [-0.4, -0.2) is 13.7 Å².